The number of hydrogen-bond acceptors (Lipinski definition) is 3. The molecular formula is C15H25N3O2. The molecule has 1 aromatic carbocycles. The van der Waals surface area contributed by atoms with Gasteiger partial charge in [0.15, 0.2) is 5.96 Å². The third kappa shape index (κ3) is 6.54. The van der Waals surface area contributed by atoms with Crippen LogP contribution in [0.25, 0.3) is 0 Å². The number of methoxy groups -OCH3 is 1. The third-order valence-corrected chi connectivity index (χ3v) is 2.85. The highest BCUT2D eigenvalue weighted by molar-refractivity contribution is 5.80. The van der Waals surface area contributed by atoms with Crippen molar-refractivity contribution in [2.24, 2.45) is 4.99 Å². The molecule has 0 aliphatic rings. The topological polar surface area (TPSA) is 54.9 Å². The highest BCUT2D eigenvalue weighted by atomic mass is 16.5. The van der Waals surface area contributed by atoms with E-state index in [1.807, 2.05) is 18.2 Å². The summed E-state index contributed by atoms with van der Waals surface area (Å²) in [5.41, 5.74) is 1.23. The molecule has 5 heteroatoms. The second-order valence-electron chi connectivity index (χ2n) is 4.38. The molecule has 0 radical (unpaired) electrons. The minimum atomic E-state index is 0.205. The van der Waals surface area contributed by atoms with Gasteiger partial charge in [0.2, 0.25) is 0 Å². The quantitative estimate of drug-likeness (QED) is 0.431. The Morgan fingerprint density at radius 1 is 1.20 bits per heavy atom. The zero-order valence-electron chi connectivity index (χ0n) is 12.6. The molecule has 0 aromatic heterocycles. The fourth-order valence-corrected chi connectivity index (χ4v) is 1.71. The maximum atomic E-state index is 5.39. The van der Waals surface area contributed by atoms with Crippen LogP contribution in [0.3, 0.4) is 0 Å². The molecular weight excluding hydrogens is 254 g/mol. The number of ether oxygens (including phenoxy) is 2. The molecule has 0 heterocycles. The van der Waals surface area contributed by atoms with Gasteiger partial charge in [-0.3, -0.25) is 4.99 Å². The molecule has 0 aliphatic heterocycles. The van der Waals surface area contributed by atoms with Gasteiger partial charge in [-0.05, 0) is 12.5 Å². The van der Waals surface area contributed by atoms with Gasteiger partial charge in [-0.25, -0.2) is 0 Å². The van der Waals surface area contributed by atoms with E-state index >= 15 is 0 Å². The molecule has 0 aliphatic carbocycles. The molecule has 0 amide bonds. The van der Waals surface area contributed by atoms with Gasteiger partial charge in [0.1, 0.15) is 0 Å². The van der Waals surface area contributed by atoms with Gasteiger partial charge in [-0.15, -0.1) is 0 Å². The van der Waals surface area contributed by atoms with Crippen molar-refractivity contribution in [1.82, 2.24) is 10.6 Å². The fraction of sp³-hybridized carbons (Fsp3) is 0.533. The number of hydrogen-bond donors (Lipinski definition) is 2. The van der Waals surface area contributed by atoms with E-state index in [2.05, 4.69) is 34.7 Å². The van der Waals surface area contributed by atoms with Crippen LogP contribution in [0.1, 0.15) is 18.5 Å². The predicted molar refractivity (Wildman–Crippen MR) is 82.0 cm³/mol. The van der Waals surface area contributed by atoms with Crippen LogP contribution in [0.15, 0.2) is 35.3 Å². The van der Waals surface area contributed by atoms with Gasteiger partial charge in [-0.1, -0.05) is 30.3 Å². The molecule has 1 aromatic rings. The molecule has 1 atom stereocenters. The van der Waals surface area contributed by atoms with Gasteiger partial charge in [0.05, 0.1) is 25.9 Å². The van der Waals surface area contributed by atoms with Crippen molar-refractivity contribution in [2.45, 2.75) is 13.0 Å². The summed E-state index contributed by atoms with van der Waals surface area (Å²) in [7, 11) is 3.43. The van der Waals surface area contributed by atoms with Crippen molar-refractivity contribution in [1.29, 1.82) is 0 Å². The van der Waals surface area contributed by atoms with Crippen molar-refractivity contribution < 1.29 is 9.47 Å². The number of benzene rings is 1. The van der Waals surface area contributed by atoms with Crippen LogP contribution in [0.2, 0.25) is 0 Å². The Kier molecular flexibility index (Phi) is 8.42. The maximum Gasteiger partial charge on any atom is 0.191 e. The average molecular weight is 279 g/mol. The molecule has 1 unspecified atom stereocenters. The van der Waals surface area contributed by atoms with Crippen molar-refractivity contribution in [3.8, 4) is 0 Å². The van der Waals surface area contributed by atoms with Gasteiger partial charge >= 0.3 is 0 Å². The van der Waals surface area contributed by atoms with Crippen LogP contribution in [-0.4, -0.2) is 46.5 Å². The summed E-state index contributed by atoms with van der Waals surface area (Å²) in [6.45, 7) is 4.69. The van der Waals surface area contributed by atoms with E-state index in [9.17, 15) is 0 Å². The lowest BCUT2D eigenvalue weighted by Crippen LogP contribution is -2.40. The molecule has 0 saturated heterocycles. The molecule has 2 N–H and O–H groups in total. The Hall–Kier alpha value is -1.59. The second-order valence-corrected chi connectivity index (χ2v) is 4.38. The number of aliphatic imine (C=N–C) groups is 1. The highest BCUT2D eigenvalue weighted by Crippen LogP contribution is 2.10. The van der Waals surface area contributed by atoms with Crippen molar-refractivity contribution >= 4 is 5.96 Å². The van der Waals surface area contributed by atoms with Crippen molar-refractivity contribution in [3.05, 3.63) is 35.9 Å². The predicted octanol–water partition coefficient (Wildman–Crippen LogP) is 1.58. The number of nitrogens with one attached hydrogen (secondary N) is 2. The third-order valence-electron chi connectivity index (χ3n) is 2.85. The SMILES string of the molecule is CN=C(NCCOCCOC)NC(C)c1ccccc1. The van der Waals surface area contributed by atoms with E-state index in [1.165, 1.54) is 5.56 Å². The monoisotopic (exact) mass is 279 g/mol. The normalized spacial score (nSPS) is 13.1. The average Bonchev–Trinajstić information content (AvgIpc) is 2.50. The first-order valence-electron chi connectivity index (χ1n) is 6.86. The van der Waals surface area contributed by atoms with Crippen LogP contribution >= 0.6 is 0 Å². The number of guanidine groups is 1. The van der Waals surface area contributed by atoms with Gasteiger partial charge < -0.3 is 20.1 Å². The molecule has 0 bridgehead atoms. The lowest BCUT2D eigenvalue weighted by atomic mass is 10.1. The summed E-state index contributed by atoms with van der Waals surface area (Å²) in [5.74, 6) is 0.775. The first-order valence-corrected chi connectivity index (χ1v) is 6.86. The van der Waals surface area contributed by atoms with Crippen molar-refractivity contribution in [3.63, 3.8) is 0 Å². The molecule has 1 rings (SSSR count). The fourth-order valence-electron chi connectivity index (χ4n) is 1.71. The molecule has 5 nitrogen and oxygen atoms in total. The van der Waals surface area contributed by atoms with E-state index in [-0.39, 0.29) is 6.04 Å². The first-order chi connectivity index (χ1) is 9.77. The van der Waals surface area contributed by atoms with E-state index in [1.54, 1.807) is 14.2 Å². The Labute approximate surface area is 121 Å². The van der Waals surface area contributed by atoms with Crippen LogP contribution < -0.4 is 10.6 Å². The molecule has 20 heavy (non-hydrogen) atoms. The standard InChI is InChI=1S/C15H25N3O2/c1-13(14-7-5-4-6-8-14)18-15(16-2)17-9-10-20-12-11-19-3/h4-8,13H,9-12H2,1-3H3,(H2,16,17,18). The van der Waals surface area contributed by atoms with Gasteiger partial charge in [-0.2, -0.15) is 0 Å². The smallest absolute Gasteiger partial charge is 0.191 e. The lowest BCUT2D eigenvalue weighted by Gasteiger charge is -2.18. The molecule has 112 valence electrons. The van der Waals surface area contributed by atoms with E-state index in [0.29, 0.717) is 26.4 Å². The minimum absolute atomic E-state index is 0.205. The maximum absolute atomic E-state index is 5.39. The van der Waals surface area contributed by atoms with Gasteiger partial charge in [0, 0.05) is 20.7 Å². The second kappa shape index (κ2) is 10.2. The van der Waals surface area contributed by atoms with Crippen LogP contribution in [-0.2, 0) is 9.47 Å². The minimum Gasteiger partial charge on any atom is -0.382 e. The largest absolute Gasteiger partial charge is 0.382 e. The van der Waals surface area contributed by atoms with Crippen LogP contribution in [0, 0.1) is 0 Å². The van der Waals surface area contributed by atoms with E-state index < -0.39 is 0 Å². The van der Waals surface area contributed by atoms with E-state index in [0.717, 1.165) is 5.96 Å². The zero-order chi connectivity index (χ0) is 14.6. The number of rotatable bonds is 8. The summed E-state index contributed by atoms with van der Waals surface area (Å²) in [6.07, 6.45) is 0. The van der Waals surface area contributed by atoms with E-state index in [4.69, 9.17) is 9.47 Å². The van der Waals surface area contributed by atoms with Crippen LogP contribution in [0.5, 0.6) is 0 Å². The Bertz CT molecular complexity index is 382. The Morgan fingerprint density at radius 2 is 1.95 bits per heavy atom. The molecule has 0 saturated carbocycles. The summed E-state index contributed by atoms with van der Waals surface area (Å²) in [5, 5.41) is 6.56. The lowest BCUT2D eigenvalue weighted by molar-refractivity contribution is 0.0733. The Balaban J connectivity index is 2.26. The summed E-state index contributed by atoms with van der Waals surface area (Å²) in [4.78, 5) is 4.20. The van der Waals surface area contributed by atoms with Crippen molar-refractivity contribution in [2.75, 3.05) is 40.5 Å². The highest BCUT2D eigenvalue weighted by Gasteiger charge is 2.06. The summed E-state index contributed by atoms with van der Waals surface area (Å²) < 4.78 is 10.3. The molecule has 0 fully saturated rings. The van der Waals surface area contributed by atoms with Gasteiger partial charge in [0.25, 0.3) is 0 Å². The Morgan fingerprint density at radius 3 is 2.60 bits per heavy atom. The summed E-state index contributed by atoms with van der Waals surface area (Å²) in [6, 6.07) is 10.5. The first kappa shape index (κ1) is 16.5. The summed E-state index contributed by atoms with van der Waals surface area (Å²) >= 11 is 0. The number of nitrogens with zero attached hydrogens (tertiary/aromatic N) is 1. The molecule has 0 spiro atoms. The van der Waals surface area contributed by atoms with Crippen LogP contribution in [0.4, 0.5) is 0 Å². The zero-order valence-corrected chi connectivity index (χ0v) is 12.6.